The van der Waals surface area contributed by atoms with Gasteiger partial charge in [0.1, 0.15) is 0 Å². The molecule has 0 radical (unpaired) electrons. The predicted molar refractivity (Wildman–Crippen MR) is 104 cm³/mol. The van der Waals surface area contributed by atoms with Crippen LogP contribution in [0.15, 0.2) is 28.6 Å². The molecule has 2 N–H and O–H groups in total. The summed E-state index contributed by atoms with van der Waals surface area (Å²) in [5.74, 6) is -0.0491. The molecule has 2 rings (SSSR count). The highest BCUT2D eigenvalue weighted by Crippen LogP contribution is 2.30. The van der Waals surface area contributed by atoms with Gasteiger partial charge < -0.3 is 10.6 Å². The molecule has 0 fully saturated rings. The molecule has 8 heteroatoms. The highest BCUT2D eigenvalue weighted by atomic mass is 32.2. The molecule has 0 bridgehead atoms. The van der Waals surface area contributed by atoms with E-state index < -0.39 is 5.41 Å². The normalized spacial score (nSPS) is 12.5. The predicted octanol–water partition coefficient (Wildman–Crippen LogP) is 3.93. The molecule has 2 aromatic rings. The fourth-order valence-electron chi connectivity index (χ4n) is 1.83. The Morgan fingerprint density at radius 2 is 1.80 bits per heavy atom. The van der Waals surface area contributed by atoms with Crippen LogP contribution in [0.1, 0.15) is 38.1 Å². The van der Waals surface area contributed by atoms with Crippen LogP contribution in [0.3, 0.4) is 0 Å². The van der Waals surface area contributed by atoms with Gasteiger partial charge in [-0.3, -0.25) is 9.59 Å². The average Bonchev–Trinajstić information content (AvgIpc) is 3.01. The van der Waals surface area contributed by atoms with Crippen LogP contribution in [0, 0.1) is 5.41 Å². The number of benzene rings is 1. The van der Waals surface area contributed by atoms with Gasteiger partial charge >= 0.3 is 0 Å². The number of amides is 1. The average molecular weight is 379 g/mol. The summed E-state index contributed by atoms with van der Waals surface area (Å²) in [4.78, 5) is 24.5. The molecule has 6 nitrogen and oxygen atoms in total. The first-order valence-corrected chi connectivity index (χ1v) is 9.54. The van der Waals surface area contributed by atoms with Crippen molar-refractivity contribution in [1.82, 2.24) is 10.2 Å². The van der Waals surface area contributed by atoms with Gasteiger partial charge in [-0.15, -0.1) is 10.2 Å². The SMILES string of the molecule is CNc1nnc(S[C@@H](C)C(=O)c2ccc(NC(=O)C(C)(C)C)cc2)s1. The number of rotatable bonds is 6. The van der Waals surface area contributed by atoms with Gasteiger partial charge in [0.15, 0.2) is 10.1 Å². The van der Waals surface area contributed by atoms with Gasteiger partial charge in [-0.2, -0.15) is 0 Å². The quantitative estimate of drug-likeness (QED) is 0.585. The standard InChI is InChI=1S/C17H22N4O2S2/c1-10(24-16-21-20-15(18-5)25-16)13(22)11-6-8-12(9-7-11)19-14(23)17(2,3)4/h6-10H,1-5H3,(H,18,20)(H,19,23)/t10-/m0/s1. The summed E-state index contributed by atoms with van der Waals surface area (Å²) in [6.07, 6.45) is 0. The highest BCUT2D eigenvalue weighted by molar-refractivity contribution is 8.02. The van der Waals surface area contributed by atoms with Crippen LogP contribution in [-0.4, -0.2) is 34.2 Å². The fraction of sp³-hybridized carbons (Fsp3) is 0.412. The number of hydrogen-bond donors (Lipinski definition) is 2. The zero-order chi connectivity index (χ0) is 18.6. The molecule has 0 aliphatic heterocycles. The molecule has 1 heterocycles. The minimum Gasteiger partial charge on any atom is -0.363 e. The van der Waals surface area contributed by atoms with Gasteiger partial charge in [0.2, 0.25) is 11.0 Å². The van der Waals surface area contributed by atoms with Crippen LogP contribution in [0.5, 0.6) is 0 Å². The van der Waals surface area contributed by atoms with Gasteiger partial charge in [0.05, 0.1) is 5.25 Å². The van der Waals surface area contributed by atoms with Crippen LogP contribution < -0.4 is 10.6 Å². The second kappa shape index (κ2) is 7.97. The van der Waals surface area contributed by atoms with Crippen LogP contribution in [-0.2, 0) is 4.79 Å². The van der Waals surface area contributed by atoms with Crippen molar-refractivity contribution in [2.24, 2.45) is 5.41 Å². The van der Waals surface area contributed by atoms with Crippen molar-refractivity contribution in [1.29, 1.82) is 0 Å². The van der Waals surface area contributed by atoms with E-state index in [1.54, 1.807) is 31.3 Å². The minimum absolute atomic E-state index is 0.0138. The van der Waals surface area contributed by atoms with Gasteiger partial charge in [-0.25, -0.2) is 0 Å². The third kappa shape index (κ3) is 5.27. The Kier molecular flexibility index (Phi) is 6.18. The van der Waals surface area contributed by atoms with Gasteiger partial charge in [-0.05, 0) is 31.2 Å². The molecule has 1 amide bonds. The zero-order valence-corrected chi connectivity index (χ0v) is 16.5. The highest BCUT2D eigenvalue weighted by Gasteiger charge is 2.22. The number of ketones is 1. The lowest BCUT2D eigenvalue weighted by atomic mass is 9.95. The number of carbonyl (C=O) groups excluding carboxylic acids is 2. The lowest BCUT2D eigenvalue weighted by Gasteiger charge is -2.17. The Bertz CT molecular complexity index is 751. The smallest absolute Gasteiger partial charge is 0.229 e. The number of aromatic nitrogens is 2. The molecule has 1 aromatic heterocycles. The molecule has 0 saturated heterocycles. The van der Waals surface area contributed by atoms with Crippen LogP contribution in [0.25, 0.3) is 0 Å². The van der Waals surface area contributed by atoms with Gasteiger partial charge in [-0.1, -0.05) is 43.9 Å². The lowest BCUT2D eigenvalue weighted by Crippen LogP contribution is -2.27. The van der Waals surface area contributed by atoms with Crippen LogP contribution >= 0.6 is 23.1 Å². The largest absolute Gasteiger partial charge is 0.363 e. The molecular formula is C17H22N4O2S2. The summed E-state index contributed by atoms with van der Waals surface area (Å²) < 4.78 is 0.749. The van der Waals surface area contributed by atoms with E-state index in [0.29, 0.717) is 11.3 Å². The first-order chi connectivity index (χ1) is 11.7. The first-order valence-electron chi connectivity index (χ1n) is 7.84. The number of anilines is 2. The fourth-order valence-corrected chi connectivity index (χ4v) is 3.76. The molecule has 25 heavy (non-hydrogen) atoms. The summed E-state index contributed by atoms with van der Waals surface area (Å²) in [6.45, 7) is 7.41. The van der Waals surface area contributed by atoms with Gasteiger partial charge in [0, 0.05) is 23.7 Å². The van der Waals surface area contributed by atoms with Crippen LogP contribution in [0.4, 0.5) is 10.8 Å². The van der Waals surface area contributed by atoms with Crippen molar-refractivity contribution in [2.45, 2.75) is 37.3 Å². The van der Waals surface area contributed by atoms with Crippen molar-refractivity contribution < 1.29 is 9.59 Å². The van der Waals surface area contributed by atoms with E-state index in [-0.39, 0.29) is 16.9 Å². The topological polar surface area (TPSA) is 84.0 Å². The number of nitrogens with one attached hydrogen (secondary N) is 2. The third-order valence-electron chi connectivity index (χ3n) is 3.38. The van der Waals surface area contributed by atoms with Gasteiger partial charge in [0.25, 0.3) is 0 Å². The Hall–Kier alpha value is -1.93. The maximum atomic E-state index is 12.6. The molecular weight excluding hydrogens is 356 g/mol. The number of hydrogen-bond acceptors (Lipinski definition) is 7. The van der Waals surface area contributed by atoms with Crippen molar-refractivity contribution in [3.63, 3.8) is 0 Å². The van der Waals surface area contributed by atoms with E-state index in [1.165, 1.54) is 23.1 Å². The van der Waals surface area contributed by atoms with E-state index in [2.05, 4.69) is 20.8 Å². The monoisotopic (exact) mass is 378 g/mol. The summed E-state index contributed by atoms with van der Waals surface area (Å²) in [6, 6.07) is 6.96. The molecule has 0 aliphatic carbocycles. The summed E-state index contributed by atoms with van der Waals surface area (Å²) in [5, 5.41) is 14.2. The van der Waals surface area contributed by atoms with Crippen molar-refractivity contribution >= 4 is 45.6 Å². The molecule has 0 unspecified atom stereocenters. The van der Waals surface area contributed by atoms with Crippen molar-refractivity contribution in [2.75, 3.05) is 17.7 Å². The Balaban J connectivity index is 2.00. The maximum Gasteiger partial charge on any atom is 0.229 e. The second-order valence-corrected chi connectivity index (χ2v) is 9.09. The Morgan fingerprint density at radius 3 is 2.32 bits per heavy atom. The zero-order valence-electron chi connectivity index (χ0n) is 14.9. The molecule has 0 spiro atoms. The van der Waals surface area contributed by atoms with E-state index in [1.807, 2.05) is 27.7 Å². The molecule has 1 atom stereocenters. The lowest BCUT2D eigenvalue weighted by molar-refractivity contribution is -0.123. The molecule has 1 aromatic carbocycles. The number of thioether (sulfide) groups is 1. The van der Waals surface area contributed by atoms with Crippen LogP contribution in [0.2, 0.25) is 0 Å². The minimum atomic E-state index is -0.465. The molecule has 0 aliphatic rings. The number of Topliss-reactive ketones (excluding diaryl/α,β-unsaturated/α-hetero) is 1. The summed E-state index contributed by atoms with van der Waals surface area (Å²) in [7, 11) is 1.78. The second-order valence-electron chi connectivity index (χ2n) is 6.53. The first kappa shape index (κ1) is 19.4. The van der Waals surface area contributed by atoms with E-state index in [4.69, 9.17) is 0 Å². The Labute approximate surface area is 155 Å². The molecule has 0 saturated carbocycles. The Morgan fingerprint density at radius 1 is 1.16 bits per heavy atom. The number of nitrogens with zero attached hydrogens (tertiary/aromatic N) is 2. The third-order valence-corrected chi connectivity index (χ3v) is 5.50. The van der Waals surface area contributed by atoms with Crippen molar-refractivity contribution in [3.05, 3.63) is 29.8 Å². The maximum absolute atomic E-state index is 12.6. The molecule has 134 valence electrons. The number of carbonyl (C=O) groups is 2. The van der Waals surface area contributed by atoms with E-state index >= 15 is 0 Å². The van der Waals surface area contributed by atoms with E-state index in [9.17, 15) is 9.59 Å². The van der Waals surface area contributed by atoms with E-state index in [0.717, 1.165) is 9.47 Å². The summed E-state index contributed by atoms with van der Waals surface area (Å²) in [5.41, 5.74) is 0.819. The van der Waals surface area contributed by atoms with Crippen molar-refractivity contribution in [3.8, 4) is 0 Å². The summed E-state index contributed by atoms with van der Waals surface area (Å²) >= 11 is 2.80.